The predicted octanol–water partition coefficient (Wildman–Crippen LogP) is 4.01. The number of amides is 1. The molecule has 0 aliphatic rings. The van der Waals surface area contributed by atoms with E-state index in [-0.39, 0.29) is 17.9 Å². The fourth-order valence-electron chi connectivity index (χ4n) is 3.16. The smallest absolute Gasteiger partial charge is 0.220 e. The molecule has 0 heterocycles. The van der Waals surface area contributed by atoms with Crippen LogP contribution in [0.25, 0.3) is 0 Å². The van der Waals surface area contributed by atoms with Gasteiger partial charge in [-0.2, -0.15) is 0 Å². The molecule has 2 aromatic rings. The Kier molecular flexibility index (Phi) is 8.33. The Balaban J connectivity index is 1.92. The van der Waals surface area contributed by atoms with Gasteiger partial charge in [0, 0.05) is 13.0 Å². The van der Waals surface area contributed by atoms with E-state index in [9.17, 15) is 4.79 Å². The van der Waals surface area contributed by atoms with Crippen LogP contribution in [0.3, 0.4) is 0 Å². The number of methoxy groups -OCH3 is 1. The Hall–Kier alpha value is -2.53. The largest absolute Gasteiger partial charge is 0.497 e. The summed E-state index contributed by atoms with van der Waals surface area (Å²) >= 11 is 0. The summed E-state index contributed by atoms with van der Waals surface area (Å²) < 4.78 is 10.7. The predicted molar refractivity (Wildman–Crippen MR) is 113 cm³/mol. The van der Waals surface area contributed by atoms with E-state index in [1.807, 2.05) is 57.4 Å². The van der Waals surface area contributed by atoms with E-state index in [0.717, 1.165) is 22.6 Å². The van der Waals surface area contributed by atoms with Gasteiger partial charge in [-0.05, 0) is 62.3 Å². The van der Waals surface area contributed by atoms with Crippen molar-refractivity contribution in [2.45, 2.75) is 32.2 Å². The molecule has 152 valence electrons. The number of carbonyl (C=O) groups excluding carboxylic acids is 1. The molecule has 28 heavy (non-hydrogen) atoms. The van der Waals surface area contributed by atoms with Crippen LogP contribution in [0.4, 0.5) is 0 Å². The normalized spacial score (nSPS) is 13.1. The second-order valence-electron chi connectivity index (χ2n) is 7.16. The summed E-state index contributed by atoms with van der Waals surface area (Å²) in [5.41, 5.74) is 2.28. The standard InChI is InChI=1S/C23H32N2O3/c1-6-28-21-13-9-19(10-14-21)22(25(3)4)16-24-23(26)15-17(2)18-7-11-20(27-5)12-8-18/h7-14,17,22H,6,15-16H2,1-5H3,(H,24,26). The first-order valence-electron chi connectivity index (χ1n) is 9.74. The van der Waals surface area contributed by atoms with Crippen LogP contribution >= 0.6 is 0 Å². The maximum Gasteiger partial charge on any atom is 0.220 e. The maximum absolute atomic E-state index is 12.5. The van der Waals surface area contributed by atoms with Gasteiger partial charge < -0.3 is 19.7 Å². The first kappa shape index (κ1) is 21.8. The van der Waals surface area contributed by atoms with Crippen molar-refractivity contribution in [1.82, 2.24) is 10.2 Å². The summed E-state index contributed by atoms with van der Waals surface area (Å²) in [5.74, 6) is 1.89. The van der Waals surface area contributed by atoms with Crippen LogP contribution < -0.4 is 14.8 Å². The van der Waals surface area contributed by atoms with E-state index in [1.165, 1.54) is 0 Å². The molecule has 1 N–H and O–H groups in total. The Morgan fingerprint density at radius 2 is 1.57 bits per heavy atom. The van der Waals surface area contributed by atoms with Gasteiger partial charge in [-0.25, -0.2) is 0 Å². The van der Waals surface area contributed by atoms with E-state index < -0.39 is 0 Å². The number of benzene rings is 2. The minimum atomic E-state index is 0.0566. The number of ether oxygens (including phenoxy) is 2. The molecule has 5 nitrogen and oxygen atoms in total. The van der Waals surface area contributed by atoms with Gasteiger partial charge >= 0.3 is 0 Å². The van der Waals surface area contributed by atoms with Gasteiger partial charge in [0.15, 0.2) is 0 Å². The number of hydrogen-bond donors (Lipinski definition) is 1. The molecule has 0 fully saturated rings. The van der Waals surface area contributed by atoms with Crippen LogP contribution in [-0.2, 0) is 4.79 Å². The third-order valence-corrected chi connectivity index (χ3v) is 4.87. The zero-order valence-electron chi connectivity index (χ0n) is 17.6. The molecular formula is C23H32N2O3. The molecule has 2 aromatic carbocycles. The highest BCUT2D eigenvalue weighted by Crippen LogP contribution is 2.23. The molecule has 0 radical (unpaired) electrons. The second-order valence-corrected chi connectivity index (χ2v) is 7.16. The lowest BCUT2D eigenvalue weighted by Crippen LogP contribution is -2.34. The Morgan fingerprint density at radius 1 is 1.00 bits per heavy atom. The van der Waals surface area contributed by atoms with Gasteiger partial charge in [-0.1, -0.05) is 31.2 Å². The number of hydrogen-bond acceptors (Lipinski definition) is 4. The lowest BCUT2D eigenvalue weighted by atomic mass is 9.97. The molecule has 0 aliphatic carbocycles. The van der Waals surface area contributed by atoms with E-state index in [1.54, 1.807) is 7.11 Å². The average molecular weight is 385 g/mol. The number of carbonyl (C=O) groups is 1. The third-order valence-electron chi connectivity index (χ3n) is 4.87. The molecule has 2 rings (SSSR count). The zero-order valence-corrected chi connectivity index (χ0v) is 17.6. The fourth-order valence-corrected chi connectivity index (χ4v) is 3.16. The molecular weight excluding hydrogens is 352 g/mol. The Morgan fingerprint density at radius 3 is 2.11 bits per heavy atom. The van der Waals surface area contributed by atoms with Crippen molar-refractivity contribution in [2.24, 2.45) is 0 Å². The first-order valence-corrected chi connectivity index (χ1v) is 9.74. The highest BCUT2D eigenvalue weighted by molar-refractivity contribution is 5.76. The molecule has 0 saturated heterocycles. The summed E-state index contributed by atoms with van der Waals surface area (Å²) in [6.45, 7) is 5.25. The van der Waals surface area contributed by atoms with E-state index in [0.29, 0.717) is 19.6 Å². The van der Waals surface area contributed by atoms with Crippen molar-refractivity contribution < 1.29 is 14.3 Å². The molecule has 0 bridgehead atoms. The van der Waals surface area contributed by atoms with Crippen molar-refractivity contribution >= 4 is 5.91 Å². The van der Waals surface area contributed by atoms with Crippen LogP contribution in [0, 0.1) is 0 Å². The van der Waals surface area contributed by atoms with Crippen molar-refractivity contribution in [3.63, 3.8) is 0 Å². The quantitative estimate of drug-likeness (QED) is 0.673. The highest BCUT2D eigenvalue weighted by atomic mass is 16.5. The number of likely N-dealkylation sites (N-methyl/N-ethyl adjacent to an activating group) is 1. The molecule has 0 aliphatic heterocycles. The lowest BCUT2D eigenvalue weighted by molar-refractivity contribution is -0.121. The lowest BCUT2D eigenvalue weighted by Gasteiger charge is -2.25. The zero-order chi connectivity index (χ0) is 20.5. The monoisotopic (exact) mass is 384 g/mol. The molecule has 0 aromatic heterocycles. The van der Waals surface area contributed by atoms with Gasteiger partial charge in [0.25, 0.3) is 0 Å². The van der Waals surface area contributed by atoms with Crippen LogP contribution in [0.2, 0.25) is 0 Å². The van der Waals surface area contributed by atoms with Gasteiger partial charge in [-0.15, -0.1) is 0 Å². The van der Waals surface area contributed by atoms with E-state index >= 15 is 0 Å². The molecule has 2 atom stereocenters. The second kappa shape index (κ2) is 10.7. The van der Waals surface area contributed by atoms with Crippen LogP contribution in [0.1, 0.15) is 43.4 Å². The first-order chi connectivity index (χ1) is 13.4. The minimum absolute atomic E-state index is 0.0566. The minimum Gasteiger partial charge on any atom is -0.497 e. The number of nitrogens with zero attached hydrogens (tertiary/aromatic N) is 1. The van der Waals surface area contributed by atoms with E-state index in [2.05, 4.69) is 29.3 Å². The third kappa shape index (κ3) is 6.27. The summed E-state index contributed by atoms with van der Waals surface area (Å²) in [6, 6.07) is 16.1. The van der Waals surface area contributed by atoms with Crippen LogP contribution in [-0.4, -0.2) is 45.2 Å². The van der Waals surface area contributed by atoms with Crippen LogP contribution in [0.15, 0.2) is 48.5 Å². The topological polar surface area (TPSA) is 50.8 Å². The average Bonchev–Trinajstić information content (AvgIpc) is 2.69. The molecule has 0 saturated carbocycles. The van der Waals surface area contributed by atoms with Crippen molar-refractivity contribution in [3.05, 3.63) is 59.7 Å². The molecule has 0 spiro atoms. The summed E-state index contributed by atoms with van der Waals surface area (Å²) in [7, 11) is 5.69. The summed E-state index contributed by atoms with van der Waals surface area (Å²) in [6.07, 6.45) is 0.454. The highest BCUT2D eigenvalue weighted by Gasteiger charge is 2.17. The van der Waals surface area contributed by atoms with Crippen LogP contribution in [0.5, 0.6) is 11.5 Å². The summed E-state index contributed by atoms with van der Waals surface area (Å²) in [5, 5.41) is 3.09. The molecule has 5 heteroatoms. The Bertz CT molecular complexity index is 727. The van der Waals surface area contributed by atoms with Crippen molar-refractivity contribution in [2.75, 3.05) is 34.4 Å². The number of nitrogens with one attached hydrogen (secondary N) is 1. The van der Waals surface area contributed by atoms with Crippen molar-refractivity contribution in [3.8, 4) is 11.5 Å². The van der Waals surface area contributed by atoms with Gasteiger partial charge in [0.2, 0.25) is 5.91 Å². The Labute approximate surface area is 168 Å². The fraction of sp³-hybridized carbons (Fsp3) is 0.435. The van der Waals surface area contributed by atoms with Gasteiger partial charge in [-0.3, -0.25) is 4.79 Å². The summed E-state index contributed by atoms with van der Waals surface area (Å²) in [4.78, 5) is 14.6. The SMILES string of the molecule is CCOc1ccc(C(CNC(=O)CC(C)c2ccc(OC)cc2)N(C)C)cc1. The van der Waals surface area contributed by atoms with Gasteiger partial charge in [0.1, 0.15) is 11.5 Å². The van der Waals surface area contributed by atoms with Crippen molar-refractivity contribution in [1.29, 1.82) is 0 Å². The maximum atomic E-state index is 12.5. The number of rotatable bonds is 10. The van der Waals surface area contributed by atoms with E-state index in [4.69, 9.17) is 9.47 Å². The van der Waals surface area contributed by atoms with Gasteiger partial charge in [0.05, 0.1) is 19.8 Å². The molecule has 2 unspecified atom stereocenters. The molecule has 1 amide bonds.